The van der Waals surface area contributed by atoms with Crippen LogP contribution in [0, 0.1) is 0 Å². The van der Waals surface area contributed by atoms with Gasteiger partial charge in [0.1, 0.15) is 11.5 Å². The number of benzene rings is 2. The molecule has 0 aliphatic carbocycles. The highest BCUT2D eigenvalue weighted by Gasteiger charge is 2.11. The van der Waals surface area contributed by atoms with Crippen LogP contribution in [0.4, 0.5) is 0 Å². The van der Waals surface area contributed by atoms with Crippen LogP contribution in [0.5, 0.6) is 11.5 Å². The van der Waals surface area contributed by atoms with Crippen LogP contribution in [-0.2, 0) is 6.42 Å². The predicted octanol–water partition coefficient (Wildman–Crippen LogP) is 3.60. The second kappa shape index (κ2) is 7.70. The molecule has 1 atom stereocenters. The minimum atomic E-state index is 0.248. The Labute approximate surface area is 126 Å². The average Bonchev–Trinajstić information content (AvgIpc) is 2.53. The zero-order chi connectivity index (χ0) is 15.1. The van der Waals surface area contributed by atoms with Crippen molar-refractivity contribution in [3.05, 3.63) is 59.7 Å². The summed E-state index contributed by atoms with van der Waals surface area (Å²) in [6.07, 6.45) is 0.906. The van der Waals surface area contributed by atoms with Gasteiger partial charge in [-0.1, -0.05) is 24.3 Å². The standard InChI is InChI=1S/C18H23NO2/c1-4-21-17-10-6-8-15(13-17)18(19-2)12-14-7-5-9-16(11-14)20-3/h5-11,13,18-19H,4,12H2,1-3H3. The topological polar surface area (TPSA) is 30.5 Å². The van der Waals surface area contributed by atoms with Gasteiger partial charge in [-0.3, -0.25) is 0 Å². The SMILES string of the molecule is CCOc1cccc(C(Cc2cccc(OC)c2)NC)c1. The maximum atomic E-state index is 5.58. The van der Waals surface area contributed by atoms with Crippen molar-refractivity contribution in [2.24, 2.45) is 0 Å². The fourth-order valence-corrected chi connectivity index (χ4v) is 2.41. The lowest BCUT2D eigenvalue weighted by molar-refractivity contribution is 0.339. The first kappa shape index (κ1) is 15.4. The molecule has 0 heterocycles. The van der Waals surface area contributed by atoms with Crippen LogP contribution >= 0.6 is 0 Å². The van der Waals surface area contributed by atoms with Gasteiger partial charge in [-0.2, -0.15) is 0 Å². The van der Waals surface area contributed by atoms with Crippen LogP contribution in [0.2, 0.25) is 0 Å². The largest absolute Gasteiger partial charge is 0.497 e. The lowest BCUT2D eigenvalue weighted by Crippen LogP contribution is -2.18. The van der Waals surface area contributed by atoms with E-state index in [-0.39, 0.29) is 6.04 Å². The van der Waals surface area contributed by atoms with Gasteiger partial charge in [0, 0.05) is 6.04 Å². The van der Waals surface area contributed by atoms with Crippen LogP contribution in [0.3, 0.4) is 0 Å². The first-order chi connectivity index (χ1) is 10.3. The summed E-state index contributed by atoms with van der Waals surface area (Å²) < 4.78 is 10.9. The Bertz CT molecular complexity index is 569. The van der Waals surface area contributed by atoms with Gasteiger partial charge >= 0.3 is 0 Å². The third-order valence-electron chi connectivity index (χ3n) is 3.49. The Hall–Kier alpha value is -2.00. The van der Waals surface area contributed by atoms with Crippen molar-refractivity contribution < 1.29 is 9.47 Å². The summed E-state index contributed by atoms with van der Waals surface area (Å²) in [6.45, 7) is 2.68. The van der Waals surface area contributed by atoms with Gasteiger partial charge in [-0.15, -0.1) is 0 Å². The fraction of sp³-hybridized carbons (Fsp3) is 0.333. The number of hydrogen-bond acceptors (Lipinski definition) is 3. The minimum Gasteiger partial charge on any atom is -0.497 e. The van der Waals surface area contributed by atoms with Crippen molar-refractivity contribution in [2.45, 2.75) is 19.4 Å². The smallest absolute Gasteiger partial charge is 0.119 e. The van der Waals surface area contributed by atoms with E-state index in [1.54, 1.807) is 7.11 Å². The summed E-state index contributed by atoms with van der Waals surface area (Å²) >= 11 is 0. The second-order valence-electron chi connectivity index (χ2n) is 4.90. The average molecular weight is 285 g/mol. The number of rotatable bonds is 7. The molecule has 0 aliphatic rings. The number of methoxy groups -OCH3 is 1. The van der Waals surface area contributed by atoms with E-state index in [2.05, 4.69) is 29.6 Å². The molecule has 3 heteroatoms. The molecule has 0 saturated heterocycles. The van der Waals surface area contributed by atoms with Crippen molar-refractivity contribution in [3.63, 3.8) is 0 Å². The molecule has 0 saturated carbocycles. The molecule has 2 rings (SSSR count). The number of hydrogen-bond donors (Lipinski definition) is 1. The van der Waals surface area contributed by atoms with Crippen molar-refractivity contribution in [3.8, 4) is 11.5 Å². The Morgan fingerprint density at radius 1 is 1.05 bits per heavy atom. The molecule has 21 heavy (non-hydrogen) atoms. The summed E-state index contributed by atoms with van der Waals surface area (Å²) in [7, 11) is 3.68. The summed E-state index contributed by atoms with van der Waals surface area (Å²) in [4.78, 5) is 0. The van der Waals surface area contributed by atoms with E-state index < -0.39 is 0 Å². The van der Waals surface area contributed by atoms with E-state index >= 15 is 0 Å². The number of nitrogens with one attached hydrogen (secondary N) is 1. The molecule has 0 amide bonds. The van der Waals surface area contributed by atoms with E-state index in [1.807, 2.05) is 38.2 Å². The molecule has 3 nitrogen and oxygen atoms in total. The molecule has 0 spiro atoms. The van der Waals surface area contributed by atoms with Crippen molar-refractivity contribution in [2.75, 3.05) is 20.8 Å². The monoisotopic (exact) mass is 285 g/mol. The normalized spacial score (nSPS) is 12.0. The molecular weight excluding hydrogens is 262 g/mol. The van der Waals surface area contributed by atoms with E-state index in [0.717, 1.165) is 17.9 Å². The third-order valence-corrected chi connectivity index (χ3v) is 3.49. The number of ether oxygens (including phenoxy) is 2. The van der Waals surface area contributed by atoms with Crippen LogP contribution in [0.15, 0.2) is 48.5 Å². The Morgan fingerprint density at radius 3 is 2.52 bits per heavy atom. The molecule has 2 aromatic carbocycles. The summed E-state index contributed by atoms with van der Waals surface area (Å²) in [5.41, 5.74) is 2.47. The first-order valence-electron chi connectivity index (χ1n) is 7.29. The van der Waals surface area contributed by atoms with Crippen molar-refractivity contribution >= 4 is 0 Å². The lowest BCUT2D eigenvalue weighted by Gasteiger charge is -2.18. The molecule has 0 aliphatic heterocycles. The van der Waals surface area contributed by atoms with Gasteiger partial charge in [-0.05, 0) is 55.8 Å². The van der Waals surface area contributed by atoms with Gasteiger partial charge in [-0.25, -0.2) is 0 Å². The highest BCUT2D eigenvalue weighted by atomic mass is 16.5. The summed E-state index contributed by atoms with van der Waals surface area (Å²) in [5, 5.41) is 3.38. The molecule has 2 aromatic rings. The Kier molecular flexibility index (Phi) is 5.64. The molecular formula is C18H23NO2. The van der Waals surface area contributed by atoms with Crippen molar-refractivity contribution in [1.82, 2.24) is 5.32 Å². The maximum absolute atomic E-state index is 5.58. The molecule has 0 fully saturated rings. The van der Waals surface area contributed by atoms with Crippen molar-refractivity contribution in [1.29, 1.82) is 0 Å². The van der Waals surface area contributed by atoms with E-state index in [9.17, 15) is 0 Å². The molecule has 0 bridgehead atoms. The zero-order valence-electron chi connectivity index (χ0n) is 12.9. The van der Waals surface area contributed by atoms with Crippen LogP contribution in [0.25, 0.3) is 0 Å². The van der Waals surface area contributed by atoms with Gasteiger partial charge in [0.25, 0.3) is 0 Å². The van der Waals surface area contributed by atoms with E-state index in [4.69, 9.17) is 9.47 Å². The van der Waals surface area contributed by atoms with Gasteiger partial charge in [0.05, 0.1) is 13.7 Å². The lowest BCUT2D eigenvalue weighted by atomic mass is 9.98. The fourth-order valence-electron chi connectivity index (χ4n) is 2.41. The summed E-state index contributed by atoms with van der Waals surface area (Å²) in [6, 6.07) is 16.7. The maximum Gasteiger partial charge on any atom is 0.119 e. The van der Waals surface area contributed by atoms with Crippen LogP contribution in [-0.4, -0.2) is 20.8 Å². The van der Waals surface area contributed by atoms with E-state index in [0.29, 0.717) is 6.61 Å². The molecule has 0 aromatic heterocycles. The third kappa shape index (κ3) is 4.23. The predicted molar refractivity (Wildman–Crippen MR) is 86.1 cm³/mol. The number of likely N-dealkylation sites (N-methyl/N-ethyl adjacent to an activating group) is 1. The van der Waals surface area contributed by atoms with E-state index in [1.165, 1.54) is 11.1 Å². The first-order valence-corrected chi connectivity index (χ1v) is 7.29. The second-order valence-corrected chi connectivity index (χ2v) is 4.90. The quantitative estimate of drug-likeness (QED) is 0.843. The summed E-state index contributed by atoms with van der Waals surface area (Å²) in [5.74, 6) is 1.81. The molecule has 1 N–H and O–H groups in total. The van der Waals surface area contributed by atoms with Gasteiger partial charge in [0.15, 0.2) is 0 Å². The highest BCUT2D eigenvalue weighted by molar-refractivity contribution is 5.33. The Balaban J connectivity index is 2.17. The minimum absolute atomic E-state index is 0.248. The van der Waals surface area contributed by atoms with Gasteiger partial charge < -0.3 is 14.8 Å². The van der Waals surface area contributed by atoms with Gasteiger partial charge in [0.2, 0.25) is 0 Å². The molecule has 0 radical (unpaired) electrons. The molecule has 1 unspecified atom stereocenters. The molecule has 112 valence electrons. The van der Waals surface area contributed by atoms with Crippen LogP contribution in [0.1, 0.15) is 24.1 Å². The highest BCUT2D eigenvalue weighted by Crippen LogP contribution is 2.24. The van der Waals surface area contributed by atoms with Crippen LogP contribution < -0.4 is 14.8 Å². The Morgan fingerprint density at radius 2 is 1.81 bits per heavy atom. The zero-order valence-corrected chi connectivity index (χ0v) is 12.9.